The van der Waals surface area contributed by atoms with E-state index in [1.807, 2.05) is 12.1 Å². The third-order valence-electron chi connectivity index (χ3n) is 4.76. The summed E-state index contributed by atoms with van der Waals surface area (Å²) in [6.45, 7) is 8.83. The van der Waals surface area contributed by atoms with Gasteiger partial charge in [-0.3, -0.25) is 0 Å². The first kappa shape index (κ1) is 18.7. The molecule has 1 aliphatic rings. The van der Waals surface area contributed by atoms with Gasteiger partial charge in [-0.15, -0.1) is 0 Å². The van der Waals surface area contributed by atoms with E-state index in [2.05, 4.69) is 36.3 Å². The quantitative estimate of drug-likeness (QED) is 0.841. The minimum Gasteiger partial charge on any atom is -0.388 e. The Morgan fingerprint density at radius 1 is 1.42 bits per heavy atom. The number of amides is 2. The first-order valence-electron chi connectivity index (χ1n) is 8.84. The van der Waals surface area contributed by atoms with Crippen LogP contribution in [-0.4, -0.2) is 52.7 Å². The van der Waals surface area contributed by atoms with Crippen molar-refractivity contribution in [3.05, 3.63) is 35.4 Å². The number of benzene rings is 1. The molecule has 0 bridgehead atoms. The molecule has 1 atom stereocenters. The summed E-state index contributed by atoms with van der Waals surface area (Å²) in [7, 11) is 2.10. The van der Waals surface area contributed by atoms with Gasteiger partial charge in [0, 0.05) is 19.6 Å². The molecule has 1 heterocycles. The van der Waals surface area contributed by atoms with Crippen molar-refractivity contribution in [1.82, 2.24) is 15.1 Å². The van der Waals surface area contributed by atoms with E-state index in [0.717, 1.165) is 31.5 Å². The van der Waals surface area contributed by atoms with Gasteiger partial charge in [-0.1, -0.05) is 31.2 Å². The second-order valence-electron chi connectivity index (χ2n) is 7.31. The van der Waals surface area contributed by atoms with Gasteiger partial charge in [0.05, 0.1) is 11.6 Å². The van der Waals surface area contributed by atoms with E-state index < -0.39 is 5.60 Å². The highest BCUT2D eigenvalue weighted by molar-refractivity contribution is 5.75. The van der Waals surface area contributed by atoms with Crippen LogP contribution in [0.15, 0.2) is 24.3 Å². The highest BCUT2D eigenvalue weighted by Crippen LogP contribution is 2.26. The maximum atomic E-state index is 12.5. The first-order chi connectivity index (χ1) is 11.3. The van der Waals surface area contributed by atoms with Crippen molar-refractivity contribution in [2.45, 2.75) is 58.3 Å². The van der Waals surface area contributed by atoms with Gasteiger partial charge in [0.1, 0.15) is 0 Å². The van der Waals surface area contributed by atoms with E-state index in [-0.39, 0.29) is 12.1 Å². The van der Waals surface area contributed by atoms with Crippen molar-refractivity contribution in [2.75, 3.05) is 20.1 Å². The van der Waals surface area contributed by atoms with Gasteiger partial charge < -0.3 is 20.2 Å². The zero-order valence-electron chi connectivity index (χ0n) is 15.4. The highest BCUT2D eigenvalue weighted by atomic mass is 16.3. The molecular formula is C19H31N3O2. The normalized spacial score (nSPS) is 18.2. The number of carbonyl (C=O) groups is 1. The van der Waals surface area contributed by atoms with Crippen molar-refractivity contribution in [3.8, 4) is 0 Å². The predicted molar refractivity (Wildman–Crippen MR) is 96.7 cm³/mol. The van der Waals surface area contributed by atoms with E-state index in [1.54, 1.807) is 18.7 Å². The van der Waals surface area contributed by atoms with E-state index in [9.17, 15) is 9.90 Å². The molecule has 5 heteroatoms. The monoisotopic (exact) mass is 333 g/mol. The Morgan fingerprint density at radius 3 is 2.79 bits per heavy atom. The highest BCUT2D eigenvalue weighted by Gasteiger charge is 2.38. The number of aliphatic hydroxyl groups is 1. The summed E-state index contributed by atoms with van der Waals surface area (Å²) < 4.78 is 0. The van der Waals surface area contributed by atoms with Gasteiger partial charge >= 0.3 is 6.03 Å². The fraction of sp³-hybridized carbons (Fsp3) is 0.632. The number of carbonyl (C=O) groups excluding carboxylic acids is 1. The molecule has 1 aliphatic heterocycles. The molecule has 0 spiro atoms. The summed E-state index contributed by atoms with van der Waals surface area (Å²) in [4.78, 5) is 16.5. The third kappa shape index (κ3) is 4.95. The number of urea groups is 1. The third-order valence-corrected chi connectivity index (χ3v) is 4.76. The molecule has 1 saturated heterocycles. The lowest BCUT2D eigenvalue weighted by Gasteiger charge is -2.33. The summed E-state index contributed by atoms with van der Waals surface area (Å²) in [5.41, 5.74) is 1.49. The molecule has 0 radical (unpaired) electrons. The number of rotatable bonds is 6. The second kappa shape index (κ2) is 7.99. The van der Waals surface area contributed by atoms with Gasteiger partial charge in [0.25, 0.3) is 0 Å². The van der Waals surface area contributed by atoms with Crippen molar-refractivity contribution < 1.29 is 9.90 Å². The van der Waals surface area contributed by atoms with Crippen molar-refractivity contribution in [3.63, 3.8) is 0 Å². The van der Waals surface area contributed by atoms with Crippen LogP contribution in [0.3, 0.4) is 0 Å². The molecule has 2 rings (SSSR count). The van der Waals surface area contributed by atoms with Gasteiger partial charge in [-0.25, -0.2) is 4.79 Å². The Kier molecular flexibility index (Phi) is 6.24. The molecule has 2 amide bonds. The second-order valence-corrected chi connectivity index (χ2v) is 7.31. The zero-order chi connectivity index (χ0) is 17.7. The van der Waals surface area contributed by atoms with Crippen LogP contribution in [0.1, 0.15) is 44.7 Å². The molecule has 5 nitrogen and oxygen atoms in total. The van der Waals surface area contributed by atoms with Crippen LogP contribution in [0.2, 0.25) is 0 Å². The molecule has 2 N–H and O–H groups in total. The van der Waals surface area contributed by atoms with Crippen LogP contribution >= 0.6 is 0 Å². The summed E-state index contributed by atoms with van der Waals surface area (Å²) in [5.74, 6) is 0. The smallest absolute Gasteiger partial charge is 0.318 e. The molecule has 1 aromatic carbocycles. The Bertz CT molecular complexity index is 554. The van der Waals surface area contributed by atoms with Crippen LogP contribution in [0.25, 0.3) is 0 Å². The number of nitrogens with one attached hydrogen (secondary N) is 1. The maximum Gasteiger partial charge on any atom is 0.318 e. The summed E-state index contributed by atoms with van der Waals surface area (Å²) in [6, 6.07) is 8.13. The van der Waals surface area contributed by atoms with Crippen LogP contribution in [0.5, 0.6) is 0 Å². The maximum absolute atomic E-state index is 12.5. The van der Waals surface area contributed by atoms with Crippen LogP contribution < -0.4 is 5.32 Å². The minimum absolute atomic E-state index is 0.0873. The van der Waals surface area contributed by atoms with Crippen molar-refractivity contribution >= 4 is 6.03 Å². The molecular weight excluding hydrogens is 302 g/mol. The van der Waals surface area contributed by atoms with Gasteiger partial charge in [0.2, 0.25) is 0 Å². The van der Waals surface area contributed by atoms with Gasteiger partial charge in [0.15, 0.2) is 0 Å². The first-order valence-corrected chi connectivity index (χ1v) is 8.84. The Labute approximate surface area is 145 Å². The molecule has 134 valence electrons. The molecule has 0 unspecified atom stereocenters. The van der Waals surface area contributed by atoms with Crippen molar-refractivity contribution in [1.29, 1.82) is 0 Å². The molecule has 1 aromatic rings. The lowest BCUT2D eigenvalue weighted by molar-refractivity contribution is 0.00979. The predicted octanol–water partition coefficient (Wildman–Crippen LogP) is 2.58. The average Bonchev–Trinajstić information content (AvgIpc) is 3.03. The number of hydrogen-bond acceptors (Lipinski definition) is 3. The Balaban J connectivity index is 1.93. The number of nitrogens with zero attached hydrogens (tertiary/aromatic N) is 2. The summed E-state index contributed by atoms with van der Waals surface area (Å²) >= 11 is 0. The molecule has 1 fully saturated rings. The Hall–Kier alpha value is -1.59. The zero-order valence-corrected chi connectivity index (χ0v) is 15.4. The van der Waals surface area contributed by atoms with Gasteiger partial charge in [-0.05, 0) is 51.4 Å². The average molecular weight is 333 g/mol. The van der Waals surface area contributed by atoms with Crippen LogP contribution in [0.4, 0.5) is 4.79 Å². The van der Waals surface area contributed by atoms with E-state index in [0.29, 0.717) is 13.1 Å². The van der Waals surface area contributed by atoms with E-state index in [1.165, 1.54) is 5.56 Å². The topological polar surface area (TPSA) is 55.8 Å². The Morgan fingerprint density at radius 2 is 2.12 bits per heavy atom. The minimum atomic E-state index is -0.863. The molecule has 0 saturated carbocycles. The molecule has 24 heavy (non-hydrogen) atoms. The molecule has 0 aliphatic carbocycles. The largest absolute Gasteiger partial charge is 0.388 e. The van der Waals surface area contributed by atoms with E-state index >= 15 is 0 Å². The lowest BCUT2D eigenvalue weighted by Crippen LogP contribution is -2.51. The SMILES string of the molecule is CCN(C)Cc1cccc(CNC(=O)N2CCC[C@H]2C(C)(C)O)c1. The van der Waals surface area contributed by atoms with E-state index in [4.69, 9.17) is 0 Å². The van der Waals surface area contributed by atoms with Crippen molar-refractivity contribution in [2.24, 2.45) is 0 Å². The summed E-state index contributed by atoms with van der Waals surface area (Å²) in [6.07, 6.45) is 1.80. The fourth-order valence-corrected chi connectivity index (χ4v) is 3.28. The number of hydrogen-bond donors (Lipinski definition) is 2. The fourth-order valence-electron chi connectivity index (χ4n) is 3.28. The number of likely N-dealkylation sites (tertiary alicyclic amines) is 1. The lowest BCUT2D eigenvalue weighted by atomic mass is 9.97. The summed E-state index contributed by atoms with van der Waals surface area (Å²) in [5, 5.41) is 13.2. The molecule has 0 aromatic heterocycles. The standard InChI is InChI=1S/C19H31N3O2/c1-5-21(4)14-16-9-6-8-15(12-16)13-20-18(23)22-11-7-10-17(22)19(2,3)24/h6,8-9,12,17,24H,5,7,10-11,13-14H2,1-4H3,(H,20,23)/t17-/m0/s1. The van der Waals surface area contributed by atoms with Crippen LogP contribution in [0, 0.1) is 0 Å². The van der Waals surface area contributed by atoms with Crippen LogP contribution in [-0.2, 0) is 13.1 Å². The van der Waals surface area contributed by atoms with Gasteiger partial charge in [-0.2, -0.15) is 0 Å².